The van der Waals surface area contributed by atoms with Gasteiger partial charge in [0.25, 0.3) is 0 Å². The molecule has 1 unspecified atom stereocenters. The Morgan fingerprint density at radius 1 is 0.818 bits per heavy atom. The zero-order valence-electron chi connectivity index (χ0n) is 15.7. The van der Waals surface area contributed by atoms with Crippen molar-refractivity contribution in [3.05, 3.63) is 0 Å². The summed E-state index contributed by atoms with van der Waals surface area (Å²) in [6, 6.07) is 1.56. The summed E-state index contributed by atoms with van der Waals surface area (Å²) in [5, 5.41) is 4.02. The molecular weight excluding hydrogens is 268 g/mol. The van der Waals surface area contributed by atoms with Gasteiger partial charge < -0.3 is 10.2 Å². The fourth-order valence-corrected chi connectivity index (χ4v) is 3.63. The normalized spacial score (nSPS) is 18.7. The van der Waals surface area contributed by atoms with Gasteiger partial charge in [-0.25, -0.2) is 0 Å². The van der Waals surface area contributed by atoms with Gasteiger partial charge in [-0.05, 0) is 45.8 Å². The van der Waals surface area contributed by atoms with Crippen LogP contribution in [-0.4, -0.2) is 37.1 Å². The molecule has 1 fully saturated rings. The van der Waals surface area contributed by atoms with Crippen LogP contribution in [0.5, 0.6) is 0 Å². The Morgan fingerprint density at radius 2 is 1.32 bits per heavy atom. The van der Waals surface area contributed by atoms with Gasteiger partial charge in [0.2, 0.25) is 0 Å². The van der Waals surface area contributed by atoms with Crippen LogP contribution in [0.25, 0.3) is 0 Å². The monoisotopic (exact) mass is 310 g/mol. The van der Waals surface area contributed by atoms with Crippen LogP contribution in [0.1, 0.15) is 97.3 Å². The number of hydrogen-bond donors (Lipinski definition) is 1. The van der Waals surface area contributed by atoms with Gasteiger partial charge in [-0.3, -0.25) is 0 Å². The van der Waals surface area contributed by atoms with Crippen LogP contribution < -0.4 is 5.32 Å². The molecule has 0 radical (unpaired) electrons. The average Bonchev–Trinajstić information content (AvgIpc) is 2.53. The fourth-order valence-electron chi connectivity index (χ4n) is 3.63. The number of nitrogens with zero attached hydrogens (tertiary/aromatic N) is 1. The van der Waals surface area contributed by atoms with Gasteiger partial charge in [-0.15, -0.1) is 0 Å². The number of nitrogens with one attached hydrogen (secondary N) is 1. The molecule has 2 heteroatoms. The molecule has 0 aromatic rings. The molecule has 1 heterocycles. The highest BCUT2D eigenvalue weighted by Crippen LogP contribution is 2.16. The van der Waals surface area contributed by atoms with E-state index >= 15 is 0 Å². The van der Waals surface area contributed by atoms with Crippen molar-refractivity contribution in [3.8, 4) is 0 Å². The fraction of sp³-hybridized carbons (Fsp3) is 1.00. The van der Waals surface area contributed by atoms with Crippen LogP contribution in [-0.2, 0) is 0 Å². The zero-order valence-corrected chi connectivity index (χ0v) is 15.7. The molecule has 0 aromatic carbocycles. The summed E-state index contributed by atoms with van der Waals surface area (Å²) in [4.78, 5) is 2.47. The summed E-state index contributed by atoms with van der Waals surface area (Å²) in [7, 11) is 2.26. The molecule has 1 N–H and O–H groups in total. The van der Waals surface area contributed by atoms with Crippen LogP contribution in [0, 0.1) is 0 Å². The zero-order chi connectivity index (χ0) is 16.0. The van der Waals surface area contributed by atoms with E-state index in [1.165, 1.54) is 96.6 Å². The summed E-state index contributed by atoms with van der Waals surface area (Å²) in [6.07, 6.45) is 18.2. The molecule has 0 bridgehead atoms. The third kappa shape index (κ3) is 9.84. The van der Waals surface area contributed by atoms with E-state index < -0.39 is 0 Å². The highest BCUT2D eigenvalue weighted by molar-refractivity contribution is 4.79. The van der Waals surface area contributed by atoms with Gasteiger partial charge >= 0.3 is 0 Å². The third-order valence-corrected chi connectivity index (χ3v) is 5.25. The highest BCUT2D eigenvalue weighted by Gasteiger charge is 2.19. The van der Waals surface area contributed by atoms with Crippen molar-refractivity contribution in [2.75, 3.05) is 20.1 Å². The van der Waals surface area contributed by atoms with E-state index in [2.05, 4.69) is 31.1 Å². The standard InChI is InChI=1S/C20H42N2/c1-4-6-8-10-12-14-19(13-11-9-7-5-2)21-20-15-17-22(3)18-16-20/h19-21H,4-18H2,1-3H3. The molecular formula is C20H42N2. The van der Waals surface area contributed by atoms with Crippen molar-refractivity contribution in [1.82, 2.24) is 10.2 Å². The highest BCUT2D eigenvalue weighted by atomic mass is 15.1. The maximum Gasteiger partial charge on any atom is 0.00939 e. The number of piperidine rings is 1. The second-order valence-corrected chi connectivity index (χ2v) is 7.49. The van der Waals surface area contributed by atoms with Crippen molar-refractivity contribution in [3.63, 3.8) is 0 Å². The number of rotatable bonds is 13. The largest absolute Gasteiger partial charge is 0.311 e. The minimum atomic E-state index is 0.781. The molecule has 1 saturated heterocycles. The topological polar surface area (TPSA) is 15.3 Å². The van der Waals surface area contributed by atoms with Crippen LogP contribution >= 0.6 is 0 Å². The first-order chi connectivity index (χ1) is 10.8. The van der Waals surface area contributed by atoms with E-state index in [-0.39, 0.29) is 0 Å². The Labute approximate surface area is 140 Å². The first-order valence-electron chi connectivity index (χ1n) is 10.2. The molecule has 132 valence electrons. The molecule has 22 heavy (non-hydrogen) atoms. The third-order valence-electron chi connectivity index (χ3n) is 5.25. The molecule has 1 aliphatic heterocycles. The van der Waals surface area contributed by atoms with E-state index in [4.69, 9.17) is 0 Å². The summed E-state index contributed by atoms with van der Waals surface area (Å²) in [5.74, 6) is 0. The summed E-state index contributed by atoms with van der Waals surface area (Å²) in [6.45, 7) is 7.16. The molecule has 1 atom stereocenters. The van der Waals surface area contributed by atoms with Crippen LogP contribution in [0.4, 0.5) is 0 Å². The van der Waals surface area contributed by atoms with Gasteiger partial charge in [-0.2, -0.15) is 0 Å². The van der Waals surface area contributed by atoms with Crippen LogP contribution in [0.15, 0.2) is 0 Å². The molecule has 0 saturated carbocycles. The second kappa shape index (κ2) is 13.4. The lowest BCUT2D eigenvalue weighted by Gasteiger charge is -2.33. The maximum atomic E-state index is 4.02. The molecule has 0 amide bonds. The molecule has 1 rings (SSSR count). The summed E-state index contributed by atoms with van der Waals surface area (Å²) < 4.78 is 0. The smallest absolute Gasteiger partial charge is 0.00939 e. The molecule has 0 aliphatic carbocycles. The van der Waals surface area contributed by atoms with Crippen molar-refractivity contribution in [2.24, 2.45) is 0 Å². The lowest BCUT2D eigenvalue weighted by Crippen LogP contribution is -2.45. The molecule has 0 spiro atoms. The first kappa shape index (κ1) is 20.0. The Kier molecular flexibility index (Phi) is 12.1. The predicted molar refractivity (Wildman–Crippen MR) is 99.6 cm³/mol. The predicted octanol–water partition coefficient (Wildman–Crippen LogP) is 5.37. The van der Waals surface area contributed by atoms with E-state index in [1.54, 1.807) is 0 Å². The average molecular weight is 311 g/mol. The van der Waals surface area contributed by atoms with Crippen molar-refractivity contribution in [2.45, 2.75) is 109 Å². The molecule has 2 nitrogen and oxygen atoms in total. The SMILES string of the molecule is CCCCCCCC(CCCCCC)NC1CCN(C)CC1. The number of hydrogen-bond acceptors (Lipinski definition) is 2. The van der Waals surface area contributed by atoms with E-state index in [0.717, 1.165) is 12.1 Å². The number of unbranched alkanes of at least 4 members (excludes halogenated alkanes) is 7. The van der Waals surface area contributed by atoms with Gasteiger partial charge in [-0.1, -0.05) is 71.6 Å². The summed E-state index contributed by atoms with van der Waals surface area (Å²) in [5.41, 5.74) is 0. The number of likely N-dealkylation sites (tertiary alicyclic amines) is 1. The van der Waals surface area contributed by atoms with Gasteiger partial charge in [0, 0.05) is 12.1 Å². The quantitative estimate of drug-likeness (QED) is 0.460. The summed E-state index contributed by atoms with van der Waals surface area (Å²) >= 11 is 0. The second-order valence-electron chi connectivity index (χ2n) is 7.49. The Balaban J connectivity index is 2.23. The Bertz CT molecular complexity index is 234. The van der Waals surface area contributed by atoms with Crippen LogP contribution in [0.2, 0.25) is 0 Å². The maximum absolute atomic E-state index is 4.02. The van der Waals surface area contributed by atoms with E-state index in [9.17, 15) is 0 Å². The Morgan fingerprint density at radius 3 is 1.86 bits per heavy atom. The van der Waals surface area contributed by atoms with Crippen LogP contribution in [0.3, 0.4) is 0 Å². The lowest BCUT2D eigenvalue weighted by molar-refractivity contribution is 0.218. The minimum absolute atomic E-state index is 0.781. The first-order valence-corrected chi connectivity index (χ1v) is 10.2. The van der Waals surface area contributed by atoms with Gasteiger partial charge in [0.15, 0.2) is 0 Å². The molecule has 1 aliphatic rings. The minimum Gasteiger partial charge on any atom is -0.311 e. The van der Waals surface area contributed by atoms with Crippen molar-refractivity contribution < 1.29 is 0 Å². The van der Waals surface area contributed by atoms with E-state index in [0.29, 0.717) is 0 Å². The Hall–Kier alpha value is -0.0800. The van der Waals surface area contributed by atoms with Gasteiger partial charge in [0.05, 0.1) is 0 Å². The van der Waals surface area contributed by atoms with Crippen molar-refractivity contribution >= 4 is 0 Å². The lowest BCUT2D eigenvalue weighted by atomic mass is 9.97. The molecule has 0 aromatic heterocycles. The van der Waals surface area contributed by atoms with E-state index in [1.807, 2.05) is 0 Å². The van der Waals surface area contributed by atoms with Gasteiger partial charge in [0.1, 0.15) is 0 Å². The van der Waals surface area contributed by atoms with Crippen molar-refractivity contribution in [1.29, 1.82) is 0 Å².